The molecule has 0 bridgehead atoms. The van der Waals surface area contributed by atoms with Crippen LogP contribution >= 0.6 is 0 Å². The van der Waals surface area contributed by atoms with Gasteiger partial charge in [-0.25, -0.2) is 8.78 Å². The SMILES string of the molecule is COc1cc(F)cc(F)c1CNc1ccc(-c2ccncc2C)c2nncn12. The minimum Gasteiger partial charge on any atom is -0.496 e. The second-order valence-corrected chi connectivity index (χ2v) is 6.27. The highest BCUT2D eigenvalue weighted by Crippen LogP contribution is 2.29. The summed E-state index contributed by atoms with van der Waals surface area (Å²) in [6.45, 7) is 2.08. The molecular formula is C20H17F2N5O. The number of hydrogen-bond donors (Lipinski definition) is 1. The molecule has 0 spiro atoms. The first kappa shape index (κ1) is 17.8. The summed E-state index contributed by atoms with van der Waals surface area (Å²) in [4.78, 5) is 4.12. The third kappa shape index (κ3) is 3.13. The number of pyridine rings is 2. The molecule has 0 aliphatic carbocycles. The quantitative estimate of drug-likeness (QED) is 0.566. The predicted octanol–water partition coefficient (Wildman–Crippen LogP) is 4.00. The van der Waals surface area contributed by atoms with Crippen LogP contribution in [0.25, 0.3) is 16.8 Å². The Morgan fingerprint density at radius 1 is 1.14 bits per heavy atom. The van der Waals surface area contributed by atoms with Gasteiger partial charge >= 0.3 is 0 Å². The maximum absolute atomic E-state index is 14.2. The van der Waals surface area contributed by atoms with Crippen LogP contribution in [0.4, 0.5) is 14.6 Å². The normalized spacial score (nSPS) is 11.0. The molecule has 0 aliphatic heterocycles. The van der Waals surface area contributed by atoms with Crippen LogP contribution in [0.2, 0.25) is 0 Å². The van der Waals surface area contributed by atoms with Crippen molar-refractivity contribution in [1.82, 2.24) is 19.6 Å². The van der Waals surface area contributed by atoms with Gasteiger partial charge in [0.15, 0.2) is 5.65 Å². The monoisotopic (exact) mass is 381 g/mol. The van der Waals surface area contributed by atoms with Crippen LogP contribution in [0.3, 0.4) is 0 Å². The molecule has 0 amide bonds. The number of fused-ring (bicyclic) bond motifs is 1. The molecular weight excluding hydrogens is 364 g/mol. The predicted molar refractivity (Wildman–Crippen MR) is 101 cm³/mol. The van der Waals surface area contributed by atoms with Crippen molar-refractivity contribution >= 4 is 11.5 Å². The number of nitrogens with one attached hydrogen (secondary N) is 1. The first-order valence-corrected chi connectivity index (χ1v) is 8.58. The van der Waals surface area contributed by atoms with E-state index < -0.39 is 11.6 Å². The van der Waals surface area contributed by atoms with Crippen molar-refractivity contribution in [3.63, 3.8) is 0 Å². The van der Waals surface area contributed by atoms with Gasteiger partial charge in [-0.15, -0.1) is 10.2 Å². The molecule has 8 heteroatoms. The Hall–Kier alpha value is -3.55. The number of methoxy groups -OCH3 is 1. The van der Waals surface area contributed by atoms with Crippen molar-refractivity contribution in [3.05, 3.63) is 71.8 Å². The van der Waals surface area contributed by atoms with E-state index in [-0.39, 0.29) is 17.9 Å². The van der Waals surface area contributed by atoms with Crippen molar-refractivity contribution in [1.29, 1.82) is 0 Å². The molecule has 4 aromatic rings. The van der Waals surface area contributed by atoms with Crippen LogP contribution in [0.15, 0.2) is 49.1 Å². The average Bonchev–Trinajstić information content (AvgIpc) is 3.17. The molecule has 142 valence electrons. The molecule has 0 radical (unpaired) electrons. The Morgan fingerprint density at radius 2 is 2.00 bits per heavy atom. The zero-order valence-corrected chi connectivity index (χ0v) is 15.3. The Kier molecular flexibility index (Phi) is 4.60. The van der Waals surface area contributed by atoms with Gasteiger partial charge in [0, 0.05) is 42.2 Å². The lowest BCUT2D eigenvalue weighted by atomic mass is 10.0. The van der Waals surface area contributed by atoms with Gasteiger partial charge in [-0.2, -0.15) is 0 Å². The summed E-state index contributed by atoms with van der Waals surface area (Å²) in [6.07, 6.45) is 5.10. The minimum atomic E-state index is -0.684. The third-order valence-corrected chi connectivity index (χ3v) is 4.55. The first-order valence-electron chi connectivity index (χ1n) is 8.58. The Balaban J connectivity index is 1.70. The summed E-state index contributed by atoms with van der Waals surface area (Å²) in [6, 6.07) is 7.70. The van der Waals surface area contributed by atoms with Crippen LogP contribution in [-0.4, -0.2) is 26.7 Å². The van der Waals surface area contributed by atoms with E-state index in [9.17, 15) is 8.78 Å². The number of anilines is 1. The van der Waals surface area contributed by atoms with Crippen molar-refractivity contribution in [2.75, 3.05) is 12.4 Å². The zero-order chi connectivity index (χ0) is 19.7. The zero-order valence-electron chi connectivity index (χ0n) is 15.3. The number of hydrogen-bond acceptors (Lipinski definition) is 5. The van der Waals surface area contributed by atoms with E-state index in [2.05, 4.69) is 20.5 Å². The van der Waals surface area contributed by atoms with Crippen LogP contribution in [0, 0.1) is 18.6 Å². The summed E-state index contributed by atoms with van der Waals surface area (Å²) in [5, 5.41) is 11.4. The highest BCUT2D eigenvalue weighted by atomic mass is 19.1. The summed E-state index contributed by atoms with van der Waals surface area (Å²) in [7, 11) is 1.38. The number of nitrogens with zero attached hydrogens (tertiary/aromatic N) is 4. The lowest BCUT2D eigenvalue weighted by molar-refractivity contribution is 0.400. The number of aromatic nitrogens is 4. The molecule has 0 aliphatic rings. The van der Waals surface area contributed by atoms with Gasteiger partial charge in [0.25, 0.3) is 0 Å². The van der Waals surface area contributed by atoms with E-state index in [1.807, 2.05) is 25.1 Å². The first-order chi connectivity index (χ1) is 13.6. The summed E-state index contributed by atoms with van der Waals surface area (Å²) < 4.78 is 34.5. The van der Waals surface area contributed by atoms with Gasteiger partial charge < -0.3 is 10.1 Å². The van der Waals surface area contributed by atoms with Crippen molar-refractivity contribution in [3.8, 4) is 16.9 Å². The molecule has 0 fully saturated rings. The van der Waals surface area contributed by atoms with E-state index in [0.717, 1.165) is 28.8 Å². The number of halogens is 2. The van der Waals surface area contributed by atoms with E-state index >= 15 is 0 Å². The number of benzene rings is 1. The number of aryl methyl sites for hydroxylation is 1. The standard InChI is InChI=1S/C20H17F2N5O/c1-12-9-23-6-5-14(12)15-3-4-19(27-11-25-26-20(15)27)24-10-16-17(22)7-13(21)8-18(16)28-2/h3-9,11,24H,10H2,1-2H3. The molecule has 0 saturated carbocycles. The molecule has 0 unspecified atom stereocenters. The van der Waals surface area contributed by atoms with Gasteiger partial charge in [0.2, 0.25) is 0 Å². The van der Waals surface area contributed by atoms with Crippen LogP contribution < -0.4 is 10.1 Å². The van der Waals surface area contributed by atoms with Gasteiger partial charge in [0.05, 0.1) is 7.11 Å². The fourth-order valence-electron chi connectivity index (χ4n) is 3.15. The number of rotatable bonds is 5. The second kappa shape index (κ2) is 7.22. The molecule has 4 rings (SSSR count). The maximum atomic E-state index is 14.2. The van der Waals surface area contributed by atoms with E-state index in [1.54, 1.807) is 23.1 Å². The molecule has 0 saturated heterocycles. The van der Waals surface area contributed by atoms with Gasteiger partial charge in [-0.1, -0.05) is 0 Å². The van der Waals surface area contributed by atoms with Crippen molar-refractivity contribution in [2.45, 2.75) is 13.5 Å². The third-order valence-electron chi connectivity index (χ3n) is 4.55. The number of ether oxygens (including phenoxy) is 1. The summed E-state index contributed by atoms with van der Waals surface area (Å²) in [5.41, 5.74) is 3.83. The molecule has 28 heavy (non-hydrogen) atoms. The molecule has 3 heterocycles. The lowest BCUT2D eigenvalue weighted by Crippen LogP contribution is -2.08. The summed E-state index contributed by atoms with van der Waals surface area (Å²) in [5.74, 6) is -0.542. The fourth-order valence-corrected chi connectivity index (χ4v) is 3.15. The highest BCUT2D eigenvalue weighted by Gasteiger charge is 2.15. The topological polar surface area (TPSA) is 64.3 Å². The Labute approximate surface area is 159 Å². The summed E-state index contributed by atoms with van der Waals surface area (Å²) >= 11 is 0. The van der Waals surface area contributed by atoms with Gasteiger partial charge in [0.1, 0.15) is 29.5 Å². The smallest absolute Gasteiger partial charge is 0.170 e. The Bertz CT molecular complexity index is 1160. The second-order valence-electron chi connectivity index (χ2n) is 6.27. The lowest BCUT2D eigenvalue weighted by Gasteiger charge is -2.14. The van der Waals surface area contributed by atoms with Crippen LogP contribution in [0.5, 0.6) is 5.75 Å². The van der Waals surface area contributed by atoms with Crippen LogP contribution in [-0.2, 0) is 6.54 Å². The molecule has 6 nitrogen and oxygen atoms in total. The fraction of sp³-hybridized carbons (Fsp3) is 0.150. The van der Waals surface area contributed by atoms with Crippen molar-refractivity contribution < 1.29 is 13.5 Å². The maximum Gasteiger partial charge on any atom is 0.170 e. The van der Waals surface area contributed by atoms with Crippen molar-refractivity contribution in [2.24, 2.45) is 0 Å². The molecule has 0 atom stereocenters. The molecule has 3 aromatic heterocycles. The largest absolute Gasteiger partial charge is 0.496 e. The average molecular weight is 381 g/mol. The van der Waals surface area contributed by atoms with Gasteiger partial charge in [-0.05, 0) is 36.2 Å². The Morgan fingerprint density at radius 3 is 2.79 bits per heavy atom. The minimum absolute atomic E-state index is 0.107. The van der Waals surface area contributed by atoms with E-state index in [4.69, 9.17) is 4.74 Å². The molecule has 1 aromatic carbocycles. The van der Waals surface area contributed by atoms with Gasteiger partial charge in [-0.3, -0.25) is 9.38 Å². The molecule has 1 N–H and O–H groups in total. The highest BCUT2D eigenvalue weighted by molar-refractivity contribution is 5.80. The van der Waals surface area contributed by atoms with E-state index in [0.29, 0.717) is 11.5 Å². The van der Waals surface area contributed by atoms with E-state index in [1.165, 1.54) is 7.11 Å². The van der Waals surface area contributed by atoms with Crippen LogP contribution in [0.1, 0.15) is 11.1 Å².